The van der Waals surface area contributed by atoms with Gasteiger partial charge in [-0.05, 0) is 29.8 Å². The third-order valence-electron chi connectivity index (χ3n) is 2.78. The van der Waals surface area contributed by atoms with Crippen molar-refractivity contribution in [3.63, 3.8) is 0 Å². The van der Waals surface area contributed by atoms with Crippen LogP contribution in [0.3, 0.4) is 0 Å². The highest BCUT2D eigenvalue weighted by atomic mass is 16.2. The molecular formula is C14H15N3O2. The molecule has 5 nitrogen and oxygen atoms in total. The first-order chi connectivity index (χ1) is 9.06. The highest BCUT2D eigenvalue weighted by Crippen LogP contribution is 2.18. The molecular weight excluding hydrogens is 242 g/mol. The Hall–Kier alpha value is -2.56. The number of nitrogens with one attached hydrogen (secondary N) is 2. The number of amides is 3. The average Bonchev–Trinajstić information content (AvgIpc) is 2.38. The van der Waals surface area contributed by atoms with E-state index >= 15 is 0 Å². The van der Waals surface area contributed by atoms with Crippen molar-refractivity contribution in [2.45, 2.75) is 13.0 Å². The first-order valence-electron chi connectivity index (χ1n) is 5.92. The van der Waals surface area contributed by atoms with Crippen LogP contribution in [0.15, 0.2) is 42.5 Å². The maximum atomic E-state index is 11.6. The molecule has 2 aromatic carbocycles. The Balaban J connectivity index is 2.09. The number of rotatable bonds is 3. The van der Waals surface area contributed by atoms with E-state index in [1.165, 1.54) is 6.92 Å². The van der Waals surface area contributed by atoms with Crippen molar-refractivity contribution in [1.82, 2.24) is 5.32 Å². The van der Waals surface area contributed by atoms with Crippen molar-refractivity contribution in [1.29, 1.82) is 0 Å². The topological polar surface area (TPSA) is 84.2 Å². The minimum atomic E-state index is -0.708. The van der Waals surface area contributed by atoms with Crippen LogP contribution in [0.25, 0.3) is 10.8 Å². The molecule has 5 heteroatoms. The zero-order valence-electron chi connectivity index (χ0n) is 10.5. The Morgan fingerprint density at radius 3 is 2.47 bits per heavy atom. The molecule has 19 heavy (non-hydrogen) atoms. The minimum Gasteiger partial charge on any atom is -0.368 e. The zero-order chi connectivity index (χ0) is 13.8. The number of carbonyl (C=O) groups is 2. The molecule has 0 aliphatic rings. The molecule has 0 saturated heterocycles. The number of fused-ring (bicyclic) bond motifs is 1. The summed E-state index contributed by atoms with van der Waals surface area (Å²) in [6.45, 7) is 1.53. The summed E-state index contributed by atoms with van der Waals surface area (Å²) >= 11 is 0. The van der Waals surface area contributed by atoms with Gasteiger partial charge in [-0.1, -0.05) is 30.3 Å². The summed E-state index contributed by atoms with van der Waals surface area (Å²) in [5.74, 6) is -0.575. The Bertz CT molecular complexity index is 625. The number of primary amides is 1. The lowest BCUT2D eigenvalue weighted by Gasteiger charge is -2.11. The standard InChI is InChI=1S/C14H15N3O2/c1-9(13(15)18)16-14(19)17-12-7-6-10-4-2-3-5-11(10)8-12/h2-9H,1H3,(H2,15,18)(H2,16,17,19)/t9-/m0/s1. The molecule has 0 aliphatic carbocycles. The van der Waals surface area contributed by atoms with Crippen molar-refractivity contribution in [3.8, 4) is 0 Å². The maximum absolute atomic E-state index is 11.6. The van der Waals surface area contributed by atoms with E-state index in [0.29, 0.717) is 5.69 Å². The van der Waals surface area contributed by atoms with Crippen LogP contribution in [0.5, 0.6) is 0 Å². The van der Waals surface area contributed by atoms with Gasteiger partial charge in [-0.25, -0.2) is 4.79 Å². The van der Waals surface area contributed by atoms with Gasteiger partial charge in [0.25, 0.3) is 0 Å². The van der Waals surface area contributed by atoms with Crippen LogP contribution in [-0.2, 0) is 4.79 Å². The molecule has 2 rings (SSSR count). The SMILES string of the molecule is C[C@H](NC(=O)Nc1ccc2ccccc2c1)C(N)=O. The second kappa shape index (κ2) is 5.39. The monoisotopic (exact) mass is 257 g/mol. The number of hydrogen-bond acceptors (Lipinski definition) is 2. The van der Waals surface area contributed by atoms with Crippen LogP contribution in [0.1, 0.15) is 6.92 Å². The van der Waals surface area contributed by atoms with Gasteiger partial charge in [0.05, 0.1) is 0 Å². The summed E-state index contributed by atoms with van der Waals surface area (Å²) in [6.07, 6.45) is 0. The molecule has 0 fully saturated rings. The van der Waals surface area contributed by atoms with Crippen LogP contribution in [0.2, 0.25) is 0 Å². The van der Waals surface area contributed by atoms with E-state index in [2.05, 4.69) is 10.6 Å². The molecule has 3 amide bonds. The molecule has 4 N–H and O–H groups in total. The Morgan fingerprint density at radius 2 is 1.79 bits per heavy atom. The Labute approximate surface area is 110 Å². The molecule has 0 aromatic heterocycles. The van der Waals surface area contributed by atoms with Gasteiger partial charge in [0.15, 0.2) is 0 Å². The number of urea groups is 1. The number of benzene rings is 2. The highest BCUT2D eigenvalue weighted by molar-refractivity contribution is 5.95. The number of nitrogens with two attached hydrogens (primary N) is 1. The van der Waals surface area contributed by atoms with Crippen molar-refractivity contribution < 1.29 is 9.59 Å². The Kier molecular flexibility index (Phi) is 3.66. The van der Waals surface area contributed by atoms with E-state index in [9.17, 15) is 9.59 Å². The molecule has 0 bridgehead atoms. The summed E-state index contributed by atoms with van der Waals surface area (Å²) in [5, 5.41) is 7.24. The van der Waals surface area contributed by atoms with E-state index in [4.69, 9.17) is 5.73 Å². The predicted octanol–water partition coefficient (Wildman–Crippen LogP) is 1.84. The van der Waals surface area contributed by atoms with E-state index in [1.807, 2.05) is 36.4 Å². The molecule has 0 aliphatic heterocycles. The van der Waals surface area contributed by atoms with Gasteiger partial charge < -0.3 is 16.4 Å². The van der Waals surface area contributed by atoms with Gasteiger partial charge in [0.1, 0.15) is 6.04 Å². The van der Waals surface area contributed by atoms with Crippen LogP contribution in [-0.4, -0.2) is 18.0 Å². The molecule has 0 spiro atoms. The summed E-state index contributed by atoms with van der Waals surface area (Å²) < 4.78 is 0. The molecule has 0 radical (unpaired) electrons. The van der Waals surface area contributed by atoms with Gasteiger partial charge in [-0.2, -0.15) is 0 Å². The first kappa shape index (κ1) is 12.9. The molecule has 98 valence electrons. The fraction of sp³-hybridized carbons (Fsp3) is 0.143. The number of anilines is 1. The molecule has 0 heterocycles. The summed E-state index contributed by atoms with van der Waals surface area (Å²) in [4.78, 5) is 22.5. The largest absolute Gasteiger partial charge is 0.368 e. The second-order valence-electron chi connectivity index (χ2n) is 4.28. The molecule has 1 atom stereocenters. The second-order valence-corrected chi connectivity index (χ2v) is 4.28. The summed E-state index contributed by atoms with van der Waals surface area (Å²) in [6, 6.07) is 12.3. The van der Waals surface area contributed by atoms with Gasteiger partial charge in [0, 0.05) is 5.69 Å². The number of carbonyl (C=O) groups excluding carboxylic acids is 2. The average molecular weight is 257 g/mol. The van der Waals surface area contributed by atoms with Crippen molar-refractivity contribution in [3.05, 3.63) is 42.5 Å². The predicted molar refractivity (Wildman–Crippen MR) is 74.8 cm³/mol. The third-order valence-corrected chi connectivity index (χ3v) is 2.78. The lowest BCUT2D eigenvalue weighted by molar-refractivity contribution is -0.119. The van der Waals surface area contributed by atoms with Crippen LogP contribution in [0, 0.1) is 0 Å². The van der Waals surface area contributed by atoms with Crippen molar-refractivity contribution in [2.24, 2.45) is 5.73 Å². The van der Waals surface area contributed by atoms with E-state index in [1.54, 1.807) is 6.07 Å². The van der Waals surface area contributed by atoms with Crippen molar-refractivity contribution in [2.75, 3.05) is 5.32 Å². The van der Waals surface area contributed by atoms with E-state index in [-0.39, 0.29) is 0 Å². The molecule has 2 aromatic rings. The van der Waals surface area contributed by atoms with Gasteiger partial charge in [-0.15, -0.1) is 0 Å². The third kappa shape index (κ3) is 3.22. The fourth-order valence-corrected chi connectivity index (χ4v) is 1.70. The minimum absolute atomic E-state index is 0.457. The first-order valence-corrected chi connectivity index (χ1v) is 5.92. The quantitative estimate of drug-likeness (QED) is 0.783. The van der Waals surface area contributed by atoms with E-state index < -0.39 is 18.0 Å². The van der Waals surface area contributed by atoms with Crippen molar-refractivity contribution >= 4 is 28.4 Å². The van der Waals surface area contributed by atoms with E-state index in [0.717, 1.165) is 10.8 Å². The van der Waals surface area contributed by atoms with Gasteiger partial charge in [-0.3, -0.25) is 4.79 Å². The number of hydrogen-bond donors (Lipinski definition) is 3. The van der Waals surface area contributed by atoms with Crippen LogP contribution in [0.4, 0.5) is 10.5 Å². The van der Waals surface area contributed by atoms with Gasteiger partial charge >= 0.3 is 6.03 Å². The smallest absolute Gasteiger partial charge is 0.319 e. The normalized spacial score (nSPS) is 11.8. The zero-order valence-corrected chi connectivity index (χ0v) is 10.5. The fourth-order valence-electron chi connectivity index (χ4n) is 1.70. The lowest BCUT2D eigenvalue weighted by Crippen LogP contribution is -2.44. The Morgan fingerprint density at radius 1 is 1.11 bits per heavy atom. The maximum Gasteiger partial charge on any atom is 0.319 e. The molecule has 0 saturated carbocycles. The lowest BCUT2D eigenvalue weighted by atomic mass is 10.1. The van der Waals surface area contributed by atoms with Gasteiger partial charge in [0.2, 0.25) is 5.91 Å². The van der Waals surface area contributed by atoms with Crippen LogP contribution < -0.4 is 16.4 Å². The van der Waals surface area contributed by atoms with Crippen LogP contribution >= 0.6 is 0 Å². The summed E-state index contributed by atoms with van der Waals surface area (Å²) in [5.41, 5.74) is 5.73. The molecule has 0 unspecified atom stereocenters. The summed E-state index contributed by atoms with van der Waals surface area (Å²) in [7, 11) is 0. The highest BCUT2D eigenvalue weighted by Gasteiger charge is 2.11.